The molecule has 0 saturated carbocycles. The highest BCUT2D eigenvalue weighted by Crippen LogP contribution is 2.23. The SMILES string of the molecule is COC(=O)c1ncc(-c2ccc(OC)nc2)cc1N. The van der Waals surface area contributed by atoms with Crippen LogP contribution in [0.25, 0.3) is 11.1 Å². The van der Waals surface area contributed by atoms with Gasteiger partial charge in [-0.1, -0.05) is 0 Å². The second-order valence-electron chi connectivity index (χ2n) is 3.74. The Bertz CT molecular complexity index is 597. The first-order valence-corrected chi connectivity index (χ1v) is 5.50. The van der Waals surface area contributed by atoms with E-state index in [1.54, 1.807) is 31.6 Å². The number of anilines is 1. The van der Waals surface area contributed by atoms with Crippen LogP contribution < -0.4 is 10.5 Å². The number of hydrogen-bond donors (Lipinski definition) is 1. The molecule has 19 heavy (non-hydrogen) atoms. The summed E-state index contributed by atoms with van der Waals surface area (Å²) in [5, 5.41) is 0. The fourth-order valence-electron chi connectivity index (χ4n) is 1.58. The summed E-state index contributed by atoms with van der Waals surface area (Å²) in [7, 11) is 2.83. The number of nitrogens with two attached hydrogens (primary N) is 1. The Labute approximate surface area is 110 Å². The number of carbonyl (C=O) groups excluding carboxylic acids is 1. The maximum atomic E-state index is 11.4. The molecule has 0 aliphatic carbocycles. The van der Waals surface area contributed by atoms with Crippen LogP contribution in [0.4, 0.5) is 5.69 Å². The van der Waals surface area contributed by atoms with E-state index < -0.39 is 5.97 Å². The number of rotatable bonds is 3. The van der Waals surface area contributed by atoms with E-state index in [2.05, 4.69) is 14.7 Å². The average Bonchev–Trinajstić information content (AvgIpc) is 2.46. The van der Waals surface area contributed by atoms with E-state index in [4.69, 9.17) is 10.5 Å². The molecule has 0 unspecified atom stereocenters. The molecule has 2 rings (SSSR count). The van der Waals surface area contributed by atoms with Gasteiger partial charge < -0.3 is 15.2 Å². The highest BCUT2D eigenvalue weighted by atomic mass is 16.5. The normalized spacial score (nSPS) is 10.0. The minimum Gasteiger partial charge on any atom is -0.481 e. The Balaban J connectivity index is 2.35. The van der Waals surface area contributed by atoms with Crippen LogP contribution >= 0.6 is 0 Å². The smallest absolute Gasteiger partial charge is 0.358 e. The number of hydrogen-bond acceptors (Lipinski definition) is 6. The summed E-state index contributed by atoms with van der Waals surface area (Å²) < 4.78 is 9.56. The molecule has 0 aliphatic rings. The van der Waals surface area contributed by atoms with Crippen molar-refractivity contribution in [1.29, 1.82) is 0 Å². The van der Waals surface area contributed by atoms with Crippen molar-refractivity contribution in [3.63, 3.8) is 0 Å². The number of aromatic nitrogens is 2. The van der Waals surface area contributed by atoms with Crippen LogP contribution in [-0.4, -0.2) is 30.2 Å². The number of ether oxygens (including phenoxy) is 2. The van der Waals surface area contributed by atoms with Gasteiger partial charge in [-0.3, -0.25) is 0 Å². The van der Waals surface area contributed by atoms with Gasteiger partial charge in [-0.05, 0) is 12.1 Å². The molecular weight excluding hydrogens is 246 g/mol. The molecule has 2 heterocycles. The maximum Gasteiger partial charge on any atom is 0.358 e. The lowest BCUT2D eigenvalue weighted by molar-refractivity contribution is 0.0595. The number of methoxy groups -OCH3 is 2. The van der Waals surface area contributed by atoms with Crippen LogP contribution in [0.3, 0.4) is 0 Å². The van der Waals surface area contributed by atoms with Crippen LogP contribution in [0.15, 0.2) is 30.6 Å². The van der Waals surface area contributed by atoms with Crippen molar-refractivity contribution < 1.29 is 14.3 Å². The summed E-state index contributed by atoms with van der Waals surface area (Å²) >= 11 is 0. The lowest BCUT2D eigenvalue weighted by Gasteiger charge is -2.06. The van der Waals surface area contributed by atoms with Crippen molar-refractivity contribution in [2.75, 3.05) is 20.0 Å². The molecule has 0 bridgehead atoms. The molecule has 0 fully saturated rings. The zero-order valence-electron chi connectivity index (χ0n) is 10.6. The summed E-state index contributed by atoms with van der Waals surface area (Å²) in [6.45, 7) is 0. The molecule has 0 atom stereocenters. The average molecular weight is 259 g/mol. The highest BCUT2D eigenvalue weighted by Gasteiger charge is 2.12. The maximum absolute atomic E-state index is 11.4. The third-order valence-electron chi connectivity index (χ3n) is 2.57. The Hall–Kier alpha value is -2.63. The largest absolute Gasteiger partial charge is 0.481 e. The van der Waals surface area contributed by atoms with Gasteiger partial charge in [-0.15, -0.1) is 0 Å². The highest BCUT2D eigenvalue weighted by molar-refractivity contribution is 5.93. The first kappa shape index (κ1) is 12.8. The molecule has 6 nitrogen and oxygen atoms in total. The second kappa shape index (κ2) is 5.34. The van der Waals surface area contributed by atoms with Crippen LogP contribution in [-0.2, 0) is 4.74 Å². The van der Waals surface area contributed by atoms with E-state index in [1.807, 2.05) is 6.07 Å². The quantitative estimate of drug-likeness (QED) is 0.841. The fourth-order valence-corrected chi connectivity index (χ4v) is 1.58. The van der Waals surface area contributed by atoms with E-state index in [0.717, 1.165) is 11.1 Å². The van der Waals surface area contributed by atoms with Gasteiger partial charge in [-0.2, -0.15) is 0 Å². The third kappa shape index (κ3) is 2.62. The molecule has 0 aromatic carbocycles. The standard InChI is InChI=1S/C13H13N3O3/c1-18-11-4-3-8(6-15-11)9-5-10(14)12(16-7-9)13(17)19-2/h3-7H,14H2,1-2H3. The Morgan fingerprint density at radius 3 is 2.42 bits per heavy atom. The van der Waals surface area contributed by atoms with Gasteiger partial charge in [0.1, 0.15) is 0 Å². The van der Waals surface area contributed by atoms with Gasteiger partial charge in [0, 0.05) is 29.6 Å². The van der Waals surface area contributed by atoms with Crippen molar-refractivity contribution in [3.8, 4) is 17.0 Å². The second-order valence-corrected chi connectivity index (χ2v) is 3.74. The molecule has 0 radical (unpaired) electrons. The van der Waals surface area contributed by atoms with E-state index in [1.165, 1.54) is 7.11 Å². The van der Waals surface area contributed by atoms with Crippen molar-refractivity contribution in [3.05, 3.63) is 36.3 Å². The number of esters is 1. The zero-order valence-corrected chi connectivity index (χ0v) is 10.6. The Morgan fingerprint density at radius 2 is 1.89 bits per heavy atom. The van der Waals surface area contributed by atoms with E-state index in [0.29, 0.717) is 5.88 Å². The molecule has 98 valence electrons. The number of pyridine rings is 2. The van der Waals surface area contributed by atoms with Crippen molar-refractivity contribution in [2.45, 2.75) is 0 Å². The molecule has 2 N–H and O–H groups in total. The van der Waals surface area contributed by atoms with Gasteiger partial charge in [0.15, 0.2) is 5.69 Å². The molecule has 0 amide bonds. The van der Waals surface area contributed by atoms with E-state index in [-0.39, 0.29) is 11.4 Å². The zero-order chi connectivity index (χ0) is 13.8. The molecule has 6 heteroatoms. The molecule has 2 aromatic rings. The van der Waals surface area contributed by atoms with Crippen molar-refractivity contribution in [1.82, 2.24) is 9.97 Å². The molecular formula is C13H13N3O3. The van der Waals surface area contributed by atoms with Gasteiger partial charge in [0.2, 0.25) is 5.88 Å². The number of carbonyl (C=O) groups is 1. The van der Waals surface area contributed by atoms with Crippen LogP contribution in [0.2, 0.25) is 0 Å². The summed E-state index contributed by atoms with van der Waals surface area (Å²) in [4.78, 5) is 19.5. The first-order chi connectivity index (χ1) is 9.15. The van der Waals surface area contributed by atoms with Crippen LogP contribution in [0, 0.1) is 0 Å². The molecule has 0 aliphatic heterocycles. The Morgan fingerprint density at radius 1 is 1.16 bits per heavy atom. The third-order valence-corrected chi connectivity index (χ3v) is 2.57. The minimum atomic E-state index is -0.558. The van der Waals surface area contributed by atoms with Gasteiger partial charge in [-0.25, -0.2) is 14.8 Å². The molecule has 0 saturated heterocycles. The van der Waals surface area contributed by atoms with Gasteiger partial charge in [0.25, 0.3) is 0 Å². The Kier molecular flexibility index (Phi) is 3.61. The predicted octanol–water partition coefficient (Wildman–Crippen LogP) is 1.52. The van der Waals surface area contributed by atoms with Crippen LogP contribution in [0.5, 0.6) is 5.88 Å². The summed E-state index contributed by atoms with van der Waals surface area (Å²) in [5.74, 6) is -0.0345. The molecule has 0 spiro atoms. The first-order valence-electron chi connectivity index (χ1n) is 5.50. The summed E-state index contributed by atoms with van der Waals surface area (Å²) in [5.41, 5.74) is 7.75. The molecule has 2 aromatic heterocycles. The van der Waals surface area contributed by atoms with E-state index in [9.17, 15) is 4.79 Å². The number of nitrogen functional groups attached to an aromatic ring is 1. The van der Waals surface area contributed by atoms with Crippen molar-refractivity contribution in [2.24, 2.45) is 0 Å². The van der Waals surface area contributed by atoms with E-state index >= 15 is 0 Å². The van der Waals surface area contributed by atoms with Crippen molar-refractivity contribution >= 4 is 11.7 Å². The lowest BCUT2D eigenvalue weighted by Crippen LogP contribution is -2.08. The minimum absolute atomic E-state index is 0.104. The topological polar surface area (TPSA) is 87.3 Å². The summed E-state index contributed by atoms with van der Waals surface area (Å²) in [6, 6.07) is 5.22. The van der Waals surface area contributed by atoms with Gasteiger partial charge in [0.05, 0.1) is 19.9 Å². The number of nitrogens with zero attached hydrogens (tertiary/aromatic N) is 2. The van der Waals surface area contributed by atoms with Gasteiger partial charge >= 0.3 is 5.97 Å². The predicted molar refractivity (Wildman–Crippen MR) is 69.8 cm³/mol. The fraction of sp³-hybridized carbons (Fsp3) is 0.154. The lowest BCUT2D eigenvalue weighted by atomic mass is 10.1. The monoisotopic (exact) mass is 259 g/mol. The summed E-state index contributed by atoms with van der Waals surface area (Å²) in [6.07, 6.45) is 3.19. The van der Waals surface area contributed by atoms with Crippen LogP contribution in [0.1, 0.15) is 10.5 Å².